The molecule has 1 aromatic heterocycles. The molecule has 1 aliphatic heterocycles. The number of benzene rings is 1. The molecule has 1 fully saturated rings. The van der Waals surface area contributed by atoms with E-state index in [9.17, 15) is 0 Å². The van der Waals surface area contributed by atoms with Crippen LogP contribution >= 0.6 is 11.3 Å². The van der Waals surface area contributed by atoms with Gasteiger partial charge in [-0.1, -0.05) is 13.0 Å². The third kappa shape index (κ3) is 4.01. The van der Waals surface area contributed by atoms with Crippen molar-refractivity contribution < 1.29 is 0 Å². The highest BCUT2D eigenvalue weighted by Gasteiger charge is 2.15. The van der Waals surface area contributed by atoms with Crippen LogP contribution in [0.5, 0.6) is 0 Å². The van der Waals surface area contributed by atoms with Crippen LogP contribution in [0.1, 0.15) is 24.6 Å². The van der Waals surface area contributed by atoms with E-state index < -0.39 is 0 Å². The minimum atomic E-state index is 0.888. The van der Waals surface area contributed by atoms with Gasteiger partial charge in [-0.3, -0.25) is 0 Å². The Labute approximate surface area is 131 Å². The first-order valence-corrected chi connectivity index (χ1v) is 8.80. The topological polar surface area (TPSA) is 15.3 Å². The fourth-order valence-corrected chi connectivity index (χ4v) is 3.55. The average molecular weight is 300 g/mol. The van der Waals surface area contributed by atoms with Gasteiger partial charge in [-0.2, -0.15) is 0 Å². The van der Waals surface area contributed by atoms with E-state index in [0.717, 1.165) is 18.9 Å². The van der Waals surface area contributed by atoms with Crippen molar-refractivity contribution in [1.82, 2.24) is 0 Å². The maximum Gasteiger partial charge on any atom is 0.0367 e. The lowest BCUT2D eigenvalue weighted by Gasteiger charge is -2.32. The summed E-state index contributed by atoms with van der Waals surface area (Å²) in [5.41, 5.74) is 2.59. The molecule has 3 heteroatoms. The number of nitrogens with one attached hydrogen (secondary N) is 1. The summed E-state index contributed by atoms with van der Waals surface area (Å²) in [7, 11) is 0. The molecule has 2 heterocycles. The Morgan fingerprint density at radius 3 is 2.57 bits per heavy atom. The second-order valence-electron chi connectivity index (χ2n) is 5.97. The highest BCUT2D eigenvalue weighted by Crippen LogP contribution is 2.24. The van der Waals surface area contributed by atoms with Gasteiger partial charge in [0.2, 0.25) is 0 Å². The van der Waals surface area contributed by atoms with E-state index in [1.54, 1.807) is 0 Å². The standard InChI is InChI=1S/C18H24N2S/c1-15-9-12-20(13-10-15)17-6-4-16(5-7-17)19-11-8-18-3-2-14-21-18/h2-7,14-15,19H,8-13H2,1H3. The largest absolute Gasteiger partial charge is 0.385 e. The maximum absolute atomic E-state index is 3.51. The van der Waals surface area contributed by atoms with Gasteiger partial charge in [-0.25, -0.2) is 0 Å². The molecule has 0 unspecified atom stereocenters. The summed E-state index contributed by atoms with van der Waals surface area (Å²) < 4.78 is 0. The summed E-state index contributed by atoms with van der Waals surface area (Å²) >= 11 is 1.83. The van der Waals surface area contributed by atoms with E-state index in [-0.39, 0.29) is 0 Å². The molecule has 2 aromatic rings. The van der Waals surface area contributed by atoms with Gasteiger partial charge in [0.15, 0.2) is 0 Å². The van der Waals surface area contributed by atoms with E-state index in [2.05, 4.69) is 58.9 Å². The molecule has 0 amide bonds. The van der Waals surface area contributed by atoms with E-state index in [0.29, 0.717) is 0 Å². The molecule has 0 radical (unpaired) electrons. The minimum Gasteiger partial charge on any atom is -0.385 e. The second-order valence-corrected chi connectivity index (χ2v) is 7.00. The van der Waals surface area contributed by atoms with Crippen LogP contribution in [0.2, 0.25) is 0 Å². The summed E-state index contributed by atoms with van der Waals surface area (Å²) in [4.78, 5) is 3.96. The first-order valence-electron chi connectivity index (χ1n) is 7.92. The summed E-state index contributed by atoms with van der Waals surface area (Å²) in [5, 5.41) is 5.65. The number of hydrogen-bond donors (Lipinski definition) is 1. The van der Waals surface area contributed by atoms with E-state index in [4.69, 9.17) is 0 Å². The van der Waals surface area contributed by atoms with Gasteiger partial charge in [0.1, 0.15) is 0 Å². The third-order valence-corrected chi connectivity index (χ3v) is 5.23. The van der Waals surface area contributed by atoms with Crippen molar-refractivity contribution >= 4 is 22.7 Å². The molecule has 1 saturated heterocycles. The van der Waals surface area contributed by atoms with Crippen molar-refractivity contribution in [3.63, 3.8) is 0 Å². The zero-order valence-electron chi connectivity index (χ0n) is 12.7. The Kier molecular flexibility index (Phi) is 4.81. The summed E-state index contributed by atoms with van der Waals surface area (Å²) in [6, 6.07) is 13.2. The first-order chi connectivity index (χ1) is 10.3. The Morgan fingerprint density at radius 2 is 1.90 bits per heavy atom. The molecular weight excluding hydrogens is 276 g/mol. The predicted octanol–water partition coefficient (Wildman–Crippen LogP) is 4.64. The molecule has 1 aromatic carbocycles. The molecule has 2 nitrogen and oxygen atoms in total. The fourth-order valence-electron chi connectivity index (χ4n) is 2.84. The highest BCUT2D eigenvalue weighted by molar-refractivity contribution is 7.09. The zero-order valence-corrected chi connectivity index (χ0v) is 13.5. The number of nitrogens with zero attached hydrogens (tertiary/aromatic N) is 1. The molecule has 21 heavy (non-hydrogen) atoms. The van der Waals surface area contributed by atoms with Crippen LogP contribution < -0.4 is 10.2 Å². The maximum atomic E-state index is 3.51. The van der Waals surface area contributed by atoms with Gasteiger partial charge < -0.3 is 10.2 Å². The summed E-state index contributed by atoms with van der Waals surface area (Å²) in [6.45, 7) is 5.76. The predicted molar refractivity (Wildman–Crippen MR) is 93.6 cm³/mol. The van der Waals surface area contributed by atoms with Crippen LogP contribution in [0.15, 0.2) is 41.8 Å². The van der Waals surface area contributed by atoms with E-state index in [1.807, 2.05) is 11.3 Å². The van der Waals surface area contributed by atoms with Crippen molar-refractivity contribution in [3.8, 4) is 0 Å². The van der Waals surface area contributed by atoms with Crippen molar-refractivity contribution in [2.24, 2.45) is 5.92 Å². The van der Waals surface area contributed by atoms with E-state index in [1.165, 1.54) is 42.2 Å². The van der Waals surface area contributed by atoms with Crippen LogP contribution in [0.25, 0.3) is 0 Å². The van der Waals surface area contributed by atoms with Crippen LogP contribution in [0.4, 0.5) is 11.4 Å². The zero-order chi connectivity index (χ0) is 14.5. The molecule has 0 bridgehead atoms. The number of hydrogen-bond acceptors (Lipinski definition) is 3. The third-order valence-electron chi connectivity index (χ3n) is 4.30. The fraction of sp³-hybridized carbons (Fsp3) is 0.444. The molecule has 3 rings (SSSR count). The van der Waals surface area contributed by atoms with Gasteiger partial charge in [0, 0.05) is 35.9 Å². The Hall–Kier alpha value is -1.48. The Bertz CT molecular complexity index is 525. The molecule has 1 N–H and O–H groups in total. The number of piperidine rings is 1. The first kappa shape index (κ1) is 14.5. The van der Waals surface area contributed by atoms with Crippen molar-refractivity contribution in [3.05, 3.63) is 46.7 Å². The summed E-state index contributed by atoms with van der Waals surface area (Å²) in [6.07, 6.45) is 3.74. The number of rotatable bonds is 5. The van der Waals surface area contributed by atoms with Gasteiger partial charge in [-0.15, -0.1) is 11.3 Å². The molecule has 1 aliphatic rings. The van der Waals surface area contributed by atoms with Gasteiger partial charge >= 0.3 is 0 Å². The lowest BCUT2D eigenvalue weighted by molar-refractivity contribution is 0.438. The van der Waals surface area contributed by atoms with E-state index >= 15 is 0 Å². The monoisotopic (exact) mass is 300 g/mol. The molecule has 0 atom stereocenters. The lowest BCUT2D eigenvalue weighted by Crippen LogP contribution is -2.32. The molecular formula is C18H24N2S. The number of thiophene rings is 1. The second kappa shape index (κ2) is 6.99. The van der Waals surface area contributed by atoms with Gasteiger partial charge in [0.25, 0.3) is 0 Å². The average Bonchev–Trinajstić information content (AvgIpc) is 3.02. The van der Waals surface area contributed by atoms with Crippen LogP contribution in [-0.4, -0.2) is 19.6 Å². The minimum absolute atomic E-state index is 0.888. The molecule has 0 spiro atoms. The highest BCUT2D eigenvalue weighted by atomic mass is 32.1. The van der Waals surface area contributed by atoms with Crippen LogP contribution in [0, 0.1) is 5.92 Å². The van der Waals surface area contributed by atoms with Crippen molar-refractivity contribution in [2.75, 3.05) is 29.9 Å². The molecule has 0 aliphatic carbocycles. The molecule has 112 valence electrons. The van der Waals surface area contributed by atoms with Crippen LogP contribution in [-0.2, 0) is 6.42 Å². The summed E-state index contributed by atoms with van der Waals surface area (Å²) in [5.74, 6) is 0.888. The normalized spacial score (nSPS) is 16.1. The quantitative estimate of drug-likeness (QED) is 0.865. The van der Waals surface area contributed by atoms with Crippen LogP contribution in [0.3, 0.4) is 0 Å². The number of anilines is 2. The van der Waals surface area contributed by atoms with Gasteiger partial charge in [-0.05, 0) is 60.9 Å². The molecule has 0 saturated carbocycles. The Balaban J connectivity index is 1.49. The van der Waals surface area contributed by atoms with Crippen molar-refractivity contribution in [2.45, 2.75) is 26.2 Å². The smallest absolute Gasteiger partial charge is 0.0367 e. The lowest BCUT2D eigenvalue weighted by atomic mass is 9.99. The SMILES string of the molecule is CC1CCN(c2ccc(NCCc3cccs3)cc2)CC1. The van der Waals surface area contributed by atoms with Gasteiger partial charge in [0.05, 0.1) is 0 Å². The Morgan fingerprint density at radius 1 is 1.14 bits per heavy atom. The van der Waals surface area contributed by atoms with Crippen molar-refractivity contribution in [1.29, 1.82) is 0 Å².